The number of nitrogens with zero attached hydrogens (tertiary/aromatic N) is 4. The van der Waals surface area contributed by atoms with Gasteiger partial charge in [0, 0.05) is 32.4 Å². The summed E-state index contributed by atoms with van der Waals surface area (Å²) < 4.78 is 0. The molecule has 0 aliphatic heterocycles. The lowest BCUT2D eigenvalue weighted by Gasteiger charge is -2.21. The van der Waals surface area contributed by atoms with E-state index in [9.17, 15) is 4.79 Å². The van der Waals surface area contributed by atoms with Crippen LogP contribution in [0.25, 0.3) is 0 Å². The lowest BCUT2D eigenvalue weighted by molar-refractivity contribution is 0.0767. The number of aryl methyl sites for hydroxylation is 1. The van der Waals surface area contributed by atoms with E-state index in [2.05, 4.69) is 22.1 Å². The molecule has 2 aromatic rings. The van der Waals surface area contributed by atoms with Crippen LogP contribution in [0.2, 0.25) is 0 Å². The number of aromatic nitrogens is 2. The monoisotopic (exact) mass is 312 g/mol. The summed E-state index contributed by atoms with van der Waals surface area (Å²) in [6, 6.07) is 11.9. The van der Waals surface area contributed by atoms with Crippen LogP contribution in [0.4, 0.5) is 5.95 Å². The van der Waals surface area contributed by atoms with Crippen LogP contribution in [-0.4, -0.2) is 40.9 Å². The summed E-state index contributed by atoms with van der Waals surface area (Å²) in [6.07, 6.45) is 0. The SMILES string of the molecule is CCN(CC)C(=O)c1cc(C)nc(N(C)Cc2ccccc2)n1. The first-order valence-electron chi connectivity index (χ1n) is 7.95. The van der Waals surface area contributed by atoms with Crippen molar-refractivity contribution in [2.45, 2.75) is 27.3 Å². The first-order chi connectivity index (χ1) is 11.0. The van der Waals surface area contributed by atoms with Gasteiger partial charge >= 0.3 is 0 Å². The van der Waals surface area contributed by atoms with Gasteiger partial charge in [-0.3, -0.25) is 4.79 Å². The molecular weight excluding hydrogens is 288 g/mol. The fraction of sp³-hybridized carbons (Fsp3) is 0.389. The average Bonchev–Trinajstić information content (AvgIpc) is 2.56. The van der Waals surface area contributed by atoms with Crippen molar-refractivity contribution in [2.75, 3.05) is 25.0 Å². The van der Waals surface area contributed by atoms with Crippen LogP contribution in [0.3, 0.4) is 0 Å². The van der Waals surface area contributed by atoms with E-state index >= 15 is 0 Å². The summed E-state index contributed by atoms with van der Waals surface area (Å²) in [5.74, 6) is 0.527. The van der Waals surface area contributed by atoms with E-state index in [0.29, 0.717) is 31.3 Å². The summed E-state index contributed by atoms with van der Waals surface area (Å²) in [6.45, 7) is 7.88. The molecule has 0 atom stereocenters. The van der Waals surface area contributed by atoms with E-state index in [4.69, 9.17) is 0 Å². The summed E-state index contributed by atoms with van der Waals surface area (Å²) in [5.41, 5.74) is 2.43. The van der Waals surface area contributed by atoms with Crippen molar-refractivity contribution in [1.29, 1.82) is 0 Å². The Morgan fingerprint density at radius 2 is 1.74 bits per heavy atom. The number of hydrogen-bond acceptors (Lipinski definition) is 4. The van der Waals surface area contributed by atoms with E-state index < -0.39 is 0 Å². The Kier molecular flexibility index (Phi) is 5.68. The normalized spacial score (nSPS) is 10.4. The third-order valence-electron chi connectivity index (χ3n) is 3.72. The molecule has 5 heteroatoms. The number of carbonyl (C=O) groups excluding carboxylic acids is 1. The molecule has 1 heterocycles. The third-order valence-corrected chi connectivity index (χ3v) is 3.72. The molecule has 0 aliphatic carbocycles. The summed E-state index contributed by atoms with van der Waals surface area (Å²) >= 11 is 0. The minimum Gasteiger partial charge on any atom is -0.340 e. The van der Waals surface area contributed by atoms with Crippen molar-refractivity contribution in [3.05, 3.63) is 53.3 Å². The molecule has 2 rings (SSSR count). The van der Waals surface area contributed by atoms with Crippen molar-refractivity contribution >= 4 is 11.9 Å². The Bertz CT molecular complexity index is 653. The molecule has 0 fully saturated rings. The summed E-state index contributed by atoms with van der Waals surface area (Å²) in [7, 11) is 1.94. The van der Waals surface area contributed by atoms with E-state index in [0.717, 1.165) is 5.69 Å². The molecule has 1 aromatic carbocycles. The second kappa shape index (κ2) is 7.72. The van der Waals surface area contributed by atoms with Crippen molar-refractivity contribution in [3.63, 3.8) is 0 Å². The minimum atomic E-state index is -0.0464. The molecule has 122 valence electrons. The Labute approximate surface area is 138 Å². The number of hydrogen-bond donors (Lipinski definition) is 0. The Balaban J connectivity index is 2.24. The van der Waals surface area contributed by atoms with Gasteiger partial charge in [0.1, 0.15) is 5.69 Å². The van der Waals surface area contributed by atoms with Crippen LogP contribution in [-0.2, 0) is 6.54 Å². The quantitative estimate of drug-likeness (QED) is 0.823. The zero-order chi connectivity index (χ0) is 16.8. The molecule has 0 aliphatic rings. The van der Waals surface area contributed by atoms with Gasteiger partial charge in [-0.2, -0.15) is 0 Å². The number of amides is 1. The van der Waals surface area contributed by atoms with Gasteiger partial charge in [-0.05, 0) is 32.4 Å². The van der Waals surface area contributed by atoms with Gasteiger partial charge in [0.25, 0.3) is 5.91 Å². The zero-order valence-electron chi connectivity index (χ0n) is 14.3. The number of rotatable bonds is 6. The first kappa shape index (κ1) is 16.9. The van der Waals surface area contributed by atoms with Crippen molar-refractivity contribution in [2.24, 2.45) is 0 Å². The third kappa shape index (κ3) is 4.28. The van der Waals surface area contributed by atoms with E-state index in [1.165, 1.54) is 5.56 Å². The molecule has 1 amide bonds. The highest BCUT2D eigenvalue weighted by Crippen LogP contribution is 2.13. The van der Waals surface area contributed by atoms with Crippen LogP contribution in [0.5, 0.6) is 0 Å². The van der Waals surface area contributed by atoms with Crippen molar-refractivity contribution < 1.29 is 4.79 Å². The zero-order valence-corrected chi connectivity index (χ0v) is 14.3. The van der Waals surface area contributed by atoms with Gasteiger partial charge in [-0.1, -0.05) is 30.3 Å². The van der Waals surface area contributed by atoms with E-state index in [1.54, 1.807) is 11.0 Å². The summed E-state index contributed by atoms with van der Waals surface area (Å²) in [5, 5.41) is 0. The topological polar surface area (TPSA) is 49.3 Å². The van der Waals surface area contributed by atoms with Gasteiger partial charge in [0.15, 0.2) is 0 Å². The smallest absolute Gasteiger partial charge is 0.272 e. The molecular formula is C18H24N4O. The largest absolute Gasteiger partial charge is 0.340 e. The molecule has 0 N–H and O–H groups in total. The number of carbonyl (C=O) groups is 1. The van der Waals surface area contributed by atoms with Gasteiger partial charge < -0.3 is 9.80 Å². The highest BCUT2D eigenvalue weighted by molar-refractivity contribution is 5.92. The van der Waals surface area contributed by atoms with Gasteiger partial charge in [0.2, 0.25) is 5.95 Å². The fourth-order valence-corrected chi connectivity index (χ4v) is 2.43. The predicted octanol–water partition coefficient (Wildman–Crippen LogP) is 2.90. The maximum atomic E-state index is 12.5. The van der Waals surface area contributed by atoms with Crippen LogP contribution >= 0.6 is 0 Å². The van der Waals surface area contributed by atoms with Crippen molar-refractivity contribution in [1.82, 2.24) is 14.9 Å². The molecule has 0 radical (unpaired) electrons. The molecule has 0 saturated heterocycles. The minimum absolute atomic E-state index is 0.0464. The maximum absolute atomic E-state index is 12.5. The molecule has 23 heavy (non-hydrogen) atoms. The highest BCUT2D eigenvalue weighted by atomic mass is 16.2. The average molecular weight is 312 g/mol. The van der Waals surface area contributed by atoms with E-state index in [-0.39, 0.29) is 5.91 Å². The maximum Gasteiger partial charge on any atom is 0.272 e. The molecule has 1 aromatic heterocycles. The highest BCUT2D eigenvalue weighted by Gasteiger charge is 2.17. The van der Waals surface area contributed by atoms with Crippen molar-refractivity contribution in [3.8, 4) is 0 Å². The molecule has 5 nitrogen and oxygen atoms in total. The first-order valence-corrected chi connectivity index (χ1v) is 7.95. The van der Waals surface area contributed by atoms with E-state index in [1.807, 2.05) is 50.9 Å². The van der Waals surface area contributed by atoms with Gasteiger partial charge in [0.05, 0.1) is 0 Å². The molecule has 0 bridgehead atoms. The summed E-state index contributed by atoms with van der Waals surface area (Å²) in [4.78, 5) is 25.2. The van der Waals surface area contributed by atoms with Crippen LogP contribution in [0.1, 0.15) is 35.6 Å². The number of anilines is 1. The molecule has 0 saturated carbocycles. The predicted molar refractivity (Wildman–Crippen MR) is 92.6 cm³/mol. The number of benzene rings is 1. The lowest BCUT2D eigenvalue weighted by Crippen LogP contribution is -2.32. The molecule has 0 unspecified atom stereocenters. The molecule has 0 spiro atoms. The van der Waals surface area contributed by atoms with Crippen LogP contribution in [0.15, 0.2) is 36.4 Å². The van der Waals surface area contributed by atoms with Crippen LogP contribution < -0.4 is 4.90 Å². The fourth-order valence-electron chi connectivity index (χ4n) is 2.43. The lowest BCUT2D eigenvalue weighted by atomic mass is 10.2. The van der Waals surface area contributed by atoms with Gasteiger partial charge in [-0.25, -0.2) is 9.97 Å². The standard InChI is InChI=1S/C18H24N4O/c1-5-22(6-2)17(23)16-12-14(3)19-18(20-16)21(4)13-15-10-8-7-9-11-15/h7-12H,5-6,13H2,1-4H3. The van der Waals surface area contributed by atoms with Gasteiger partial charge in [-0.15, -0.1) is 0 Å². The Morgan fingerprint density at radius 1 is 1.09 bits per heavy atom. The second-order valence-electron chi connectivity index (χ2n) is 5.51. The Hall–Kier alpha value is -2.43. The second-order valence-corrected chi connectivity index (χ2v) is 5.51. The van der Waals surface area contributed by atoms with Crippen LogP contribution in [0, 0.1) is 6.92 Å². The Morgan fingerprint density at radius 3 is 2.35 bits per heavy atom.